The zero-order chi connectivity index (χ0) is 38.8. The van der Waals surface area contributed by atoms with Crippen molar-refractivity contribution >= 4 is 74.2 Å². The molecule has 2 saturated heterocycles. The number of rotatable bonds is 5. The summed E-state index contributed by atoms with van der Waals surface area (Å²) in [5.41, 5.74) is 4.77. The first-order valence-corrected chi connectivity index (χ1v) is 19.7. The number of hydrogen-bond donors (Lipinski definition) is 1. The molecule has 4 heterocycles. The predicted molar refractivity (Wildman–Crippen MR) is 215 cm³/mol. The van der Waals surface area contributed by atoms with Crippen LogP contribution in [0.3, 0.4) is 0 Å². The molecular weight excluding hydrogens is 732 g/mol. The molecule has 6 atom stereocenters. The molecule has 4 amide bonds. The van der Waals surface area contributed by atoms with E-state index in [-0.39, 0.29) is 35.8 Å². The van der Waals surface area contributed by atoms with E-state index >= 15 is 4.79 Å². The van der Waals surface area contributed by atoms with Crippen LogP contribution in [-0.4, -0.2) is 38.5 Å². The molecule has 5 aromatic rings. The van der Waals surface area contributed by atoms with Gasteiger partial charge in [-0.1, -0.05) is 60.2 Å². The van der Waals surface area contributed by atoms with Crippen molar-refractivity contribution in [1.82, 2.24) is 9.78 Å². The van der Waals surface area contributed by atoms with Crippen molar-refractivity contribution in [3.63, 3.8) is 0 Å². The normalized spacial score (nSPS) is 26.1. The minimum Gasteiger partial charge on any atom is -0.507 e. The van der Waals surface area contributed by atoms with Crippen LogP contribution in [0.5, 0.6) is 5.75 Å². The number of fused-ring (bicyclic) bond motifs is 5. The molecule has 4 aliphatic rings. The van der Waals surface area contributed by atoms with Crippen molar-refractivity contribution in [2.75, 3.05) is 9.80 Å². The Morgan fingerprint density at radius 3 is 2.33 bits per heavy atom. The molecule has 2 aliphatic carbocycles. The molecule has 2 aromatic heterocycles. The van der Waals surface area contributed by atoms with Gasteiger partial charge in [0.2, 0.25) is 23.6 Å². The summed E-state index contributed by atoms with van der Waals surface area (Å²) in [7, 11) is 1.74. The van der Waals surface area contributed by atoms with Gasteiger partial charge in [-0.25, -0.2) is 4.90 Å². The fraction of sp³-hybridized carbons (Fsp3) is 0.295. The SMILES string of the molecule is C=Cc1ccc(N2C(=O)C3CC=C4C(CC5C(=O)N(c6cc(-c7sc8ccc(Cl)cc8c7C)nn6C)C(=O)C5(C)C4c4cc(C)c(O)c(C)c4)C3C2=O)cc1. The molecule has 0 bridgehead atoms. The van der Waals surface area contributed by atoms with Crippen molar-refractivity contribution in [1.29, 1.82) is 0 Å². The molecule has 9 nitrogen and oxygen atoms in total. The van der Waals surface area contributed by atoms with Crippen LogP contribution in [0, 0.1) is 49.9 Å². The number of allylic oxidation sites excluding steroid dienone is 2. The summed E-state index contributed by atoms with van der Waals surface area (Å²) in [5, 5.41) is 17.3. The zero-order valence-electron chi connectivity index (χ0n) is 31.1. The van der Waals surface area contributed by atoms with Gasteiger partial charge in [-0.3, -0.25) is 28.8 Å². The number of phenolic OH excluding ortho intramolecular Hbond substituents is 1. The van der Waals surface area contributed by atoms with Gasteiger partial charge in [0.15, 0.2) is 0 Å². The van der Waals surface area contributed by atoms with Crippen molar-refractivity contribution < 1.29 is 24.3 Å². The second kappa shape index (κ2) is 12.3. The highest BCUT2D eigenvalue weighted by atomic mass is 35.5. The van der Waals surface area contributed by atoms with E-state index in [4.69, 9.17) is 16.7 Å². The van der Waals surface area contributed by atoms with Gasteiger partial charge in [-0.15, -0.1) is 11.3 Å². The molecule has 0 spiro atoms. The number of hydrogen-bond acceptors (Lipinski definition) is 7. The Bertz CT molecular complexity index is 2560. The average molecular weight is 771 g/mol. The van der Waals surface area contributed by atoms with E-state index in [1.807, 2.05) is 76.2 Å². The number of carbonyl (C=O) groups excluding carboxylic acids is 4. The third kappa shape index (κ3) is 4.93. The smallest absolute Gasteiger partial charge is 0.242 e. The number of benzene rings is 3. The Morgan fingerprint density at radius 1 is 0.927 bits per heavy atom. The molecule has 6 unspecified atom stereocenters. The monoisotopic (exact) mass is 770 g/mol. The maximum atomic E-state index is 15.2. The largest absolute Gasteiger partial charge is 0.507 e. The Labute approximate surface area is 327 Å². The standard InChI is InChI=1S/C44H39ClN4O5S/c1-7-24-8-11-27(12-9-24)48-40(51)29-14-13-28-31(36(29)42(48)53)19-32-41(52)49(43(54)44(32,5)37(28)25-16-21(2)38(50)22(3)17-25)35-20-33(46-47(35)6)39-23(4)30-18-26(45)10-15-34(30)55-39/h7-13,15-18,20,29,31-32,36-37,50H,1,14,19H2,2-6H3. The van der Waals surface area contributed by atoms with E-state index in [2.05, 4.69) is 6.58 Å². The highest BCUT2D eigenvalue weighted by Crippen LogP contribution is 2.64. The number of phenols is 1. The van der Waals surface area contributed by atoms with Crippen LogP contribution in [0.15, 0.2) is 78.9 Å². The van der Waals surface area contributed by atoms with Crippen LogP contribution in [0.4, 0.5) is 11.5 Å². The summed E-state index contributed by atoms with van der Waals surface area (Å²) in [6.45, 7) is 11.3. The number of anilines is 2. The number of imide groups is 2. The first-order valence-electron chi connectivity index (χ1n) is 18.5. The van der Waals surface area contributed by atoms with Crippen molar-refractivity contribution in [2.24, 2.45) is 36.1 Å². The average Bonchev–Trinajstić information content (AvgIpc) is 3.83. The predicted octanol–water partition coefficient (Wildman–Crippen LogP) is 8.66. The van der Waals surface area contributed by atoms with Gasteiger partial charge in [-0.05, 0) is 110 Å². The van der Waals surface area contributed by atoms with Gasteiger partial charge < -0.3 is 5.11 Å². The van der Waals surface area contributed by atoms with E-state index in [1.165, 1.54) is 9.80 Å². The maximum absolute atomic E-state index is 15.2. The molecule has 9 rings (SSSR count). The zero-order valence-corrected chi connectivity index (χ0v) is 32.7. The summed E-state index contributed by atoms with van der Waals surface area (Å²) < 4.78 is 2.64. The Kier molecular flexibility index (Phi) is 7.94. The second-order valence-electron chi connectivity index (χ2n) is 15.7. The van der Waals surface area contributed by atoms with Crippen LogP contribution >= 0.6 is 22.9 Å². The Hall–Kier alpha value is -5.32. The fourth-order valence-electron chi connectivity index (χ4n) is 10.00. The third-order valence-corrected chi connectivity index (χ3v) is 14.3. The van der Waals surface area contributed by atoms with Gasteiger partial charge >= 0.3 is 0 Å². The van der Waals surface area contributed by atoms with Crippen LogP contribution in [0.2, 0.25) is 5.02 Å². The highest BCUT2D eigenvalue weighted by molar-refractivity contribution is 7.22. The third-order valence-electron chi connectivity index (χ3n) is 12.7. The van der Waals surface area contributed by atoms with Crippen LogP contribution < -0.4 is 9.80 Å². The summed E-state index contributed by atoms with van der Waals surface area (Å²) in [4.78, 5) is 62.2. The lowest BCUT2D eigenvalue weighted by molar-refractivity contribution is -0.131. The van der Waals surface area contributed by atoms with Crippen molar-refractivity contribution in [3.05, 3.63) is 112 Å². The van der Waals surface area contributed by atoms with Gasteiger partial charge in [0.1, 0.15) is 17.3 Å². The molecule has 0 radical (unpaired) electrons. The summed E-state index contributed by atoms with van der Waals surface area (Å²) in [5.74, 6) is -3.84. The molecule has 11 heteroatoms. The van der Waals surface area contributed by atoms with Crippen LogP contribution in [-0.2, 0) is 26.2 Å². The van der Waals surface area contributed by atoms with E-state index in [9.17, 15) is 19.5 Å². The number of aromatic nitrogens is 2. The quantitative estimate of drug-likeness (QED) is 0.141. The molecule has 3 aromatic carbocycles. The number of halogens is 1. The number of aromatic hydroxyl groups is 1. The van der Waals surface area contributed by atoms with Crippen molar-refractivity contribution in [2.45, 2.75) is 46.5 Å². The lowest BCUT2D eigenvalue weighted by Gasteiger charge is -2.49. The maximum Gasteiger partial charge on any atom is 0.242 e. The second-order valence-corrected chi connectivity index (χ2v) is 17.2. The van der Waals surface area contributed by atoms with Crippen LogP contribution in [0.25, 0.3) is 26.7 Å². The van der Waals surface area contributed by atoms with Crippen molar-refractivity contribution in [3.8, 4) is 16.3 Å². The molecule has 3 fully saturated rings. The summed E-state index contributed by atoms with van der Waals surface area (Å²) in [6.07, 6.45) is 4.33. The van der Waals surface area contributed by atoms with Gasteiger partial charge in [0, 0.05) is 28.8 Å². The number of carbonyl (C=O) groups is 4. The summed E-state index contributed by atoms with van der Waals surface area (Å²) >= 11 is 7.91. The van der Waals surface area contributed by atoms with Gasteiger partial charge in [-0.2, -0.15) is 5.10 Å². The number of aryl methyl sites for hydroxylation is 4. The molecule has 1 N–H and O–H groups in total. The topological polar surface area (TPSA) is 113 Å². The Balaban J connectivity index is 1.16. The molecule has 1 saturated carbocycles. The minimum absolute atomic E-state index is 0.168. The first kappa shape index (κ1) is 35.4. The van der Waals surface area contributed by atoms with E-state index in [1.54, 1.807) is 47.3 Å². The van der Waals surface area contributed by atoms with E-state index in [0.29, 0.717) is 39.8 Å². The number of amides is 4. The van der Waals surface area contributed by atoms with Gasteiger partial charge in [0.05, 0.1) is 33.7 Å². The number of nitrogens with zero attached hydrogens (tertiary/aromatic N) is 4. The lowest BCUT2D eigenvalue weighted by atomic mass is 9.51. The molecule has 278 valence electrons. The molecule has 55 heavy (non-hydrogen) atoms. The molecular formula is C44H39ClN4O5S. The first-order chi connectivity index (χ1) is 26.2. The molecule has 2 aliphatic heterocycles. The van der Waals surface area contributed by atoms with E-state index in [0.717, 1.165) is 37.2 Å². The highest BCUT2D eigenvalue weighted by Gasteiger charge is 2.68. The number of thiophene rings is 1. The fourth-order valence-corrected chi connectivity index (χ4v) is 11.3. The minimum atomic E-state index is -1.23. The van der Waals surface area contributed by atoms with Gasteiger partial charge in [0.25, 0.3) is 0 Å². The Morgan fingerprint density at radius 2 is 1.64 bits per heavy atom. The lowest BCUT2D eigenvalue weighted by Crippen LogP contribution is -2.49. The summed E-state index contributed by atoms with van der Waals surface area (Å²) in [6, 6.07) is 18.5. The van der Waals surface area contributed by atoms with Crippen LogP contribution in [0.1, 0.15) is 53.5 Å². The van der Waals surface area contributed by atoms with E-state index < -0.39 is 35.0 Å².